The topological polar surface area (TPSA) is 100 Å². The minimum Gasteiger partial charge on any atom is -0.493 e. The summed E-state index contributed by atoms with van der Waals surface area (Å²) in [6.07, 6.45) is 4.56. The van der Waals surface area contributed by atoms with Crippen LogP contribution in [0.15, 0.2) is 85.2 Å². The molecule has 10 nitrogen and oxygen atoms in total. The second-order valence-electron chi connectivity index (χ2n) is 11.6. The summed E-state index contributed by atoms with van der Waals surface area (Å²) in [4.78, 5) is 43.0. The van der Waals surface area contributed by atoms with Crippen molar-refractivity contribution in [2.45, 2.75) is 31.8 Å². The Balaban J connectivity index is 1.24. The molecule has 1 aromatic heterocycles. The summed E-state index contributed by atoms with van der Waals surface area (Å²) in [6, 6.07) is 23.3. The smallest absolute Gasteiger partial charge is 0.264 e. The van der Waals surface area contributed by atoms with Gasteiger partial charge in [-0.25, -0.2) is 9.97 Å². The molecule has 1 fully saturated rings. The molecule has 2 aliphatic rings. The first-order chi connectivity index (χ1) is 22.5. The molecule has 0 saturated carbocycles. The van der Waals surface area contributed by atoms with Crippen LogP contribution in [-0.4, -0.2) is 78.5 Å². The van der Waals surface area contributed by atoms with Gasteiger partial charge in [-0.05, 0) is 61.2 Å². The number of nitrogens with zero attached hydrogens (tertiary/aromatic N) is 5. The Bertz CT molecular complexity index is 1660. The number of anilines is 2. The summed E-state index contributed by atoms with van der Waals surface area (Å²) in [6.45, 7) is 6.06. The Kier molecular flexibility index (Phi) is 9.44. The SMILES string of the molecule is COc1ccc([C@@H](CCCNc2ncccn2)N2C(=O)c3cccc(N4CCN([C@H](C)c5ccccc5)CC4)c3C2=O)cc1OC. The zero-order valence-corrected chi connectivity index (χ0v) is 26.6. The van der Waals surface area contributed by atoms with E-state index >= 15 is 0 Å². The highest BCUT2D eigenvalue weighted by Gasteiger charge is 2.43. The normalized spacial score (nSPS) is 16.2. The molecule has 6 rings (SSSR count). The molecule has 0 radical (unpaired) electrons. The number of hydrogen-bond acceptors (Lipinski definition) is 9. The van der Waals surface area contributed by atoms with E-state index in [1.165, 1.54) is 10.5 Å². The van der Waals surface area contributed by atoms with Gasteiger partial charge in [0, 0.05) is 51.2 Å². The average molecular weight is 621 g/mol. The quantitative estimate of drug-likeness (QED) is 0.160. The van der Waals surface area contributed by atoms with E-state index in [0.717, 1.165) is 37.4 Å². The van der Waals surface area contributed by atoms with E-state index in [4.69, 9.17) is 9.47 Å². The Morgan fingerprint density at radius 3 is 2.26 bits per heavy atom. The molecule has 1 saturated heterocycles. The maximum atomic E-state index is 14.4. The number of methoxy groups -OCH3 is 2. The number of carbonyl (C=O) groups is 2. The third-order valence-corrected chi connectivity index (χ3v) is 9.02. The van der Waals surface area contributed by atoms with Gasteiger partial charge in [-0.15, -0.1) is 0 Å². The van der Waals surface area contributed by atoms with Crippen molar-refractivity contribution in [2.75, 3.05) is 57.2 Å². The molecular formula is C36H40N6O4. The molecule has 3 aromatic carbocycles. The lowest BCUT2D eigenvalue weighted by atomic mass is 9.99. The van der Waals surface area contributed by atoms with Gasteiger partial charge in [0.05, 0.1) is 37.1 Å². The number of ether oxygens (including phenoxy) is 2. The molecule has 2 aliphatic heterocycles. The Morgan fingerprint density at radius 2 is 1.54 bits per heavy atom. The molecule has 0 unspecified atom stereocenters. The number of benzene rings is 3. The van der Waals surface area contributed by atoms with Crippen molar-refractivity contribution < 1.29 is 19.1 Å². The van der Waals surface area contributed by atoms with E-state index in [9.17, 15) is 9.59 Å². The van der Waals surface area contributed by atoms with E-state index in [0.29, 0.717) is 54.0 Å². The van der Waals surface area contributed by atoms with Crippen molar-refractivity contribution in [3.8, 4) is 11.5 Å². The lowest BCUT2D eigenvalue weighted by Crippen LogP contribution is -2.47. The van der Waals surface area contributed by atoms with Gasteiger partial charge in [-0.2, -0.15) is 0 Å². The molecule has 0 aliphatic carbocycles. The first kappa shape index (κ1) is 31.0. The van der Waals surface area contributed by atoms with Crippen molar-refractivity contribution in [3.63, 3.8) is 0 Å². The molecule has 2 amide bonds. The van der Waals surface area contributed by atoms with E-state index in [2.05, 4.69) is 56.3 Å². The van der Waals surface area contributed by atoms with Gasteiger partial charge >= 0.3 is 0 Å². The van der Waals surface area contributed by atoms with Crippen LogP contribution in [0, 0.1) is 0 Å². The molecule has 3 heterocycles. The van der Waals surface area contributed by atoms with Crippen molar-refractivity contribution in [1.29, 1.82) is 0 Å². The molecule has 4 aromatic rings. The molecule has 0 bridgehead atoms. The molecule has 46 heavy (non-hydrogen) atoms. The van der Waals surface area contributed by atoms with Gasteiger partial charge in [0.1, 0.15) is 0 Å². The number of carbonyl (C=O) groups excluding carboxylic acids is 2. The lowest BCUT2D eigenvalue weighted by molar-refractivity contribution is 0.0572. The first-order valence-electron chi connectivity index (χ1n) is 15.8. The molecule has 0 spiro atoms. The molecular weight excluding hydrogens is 580 g/mol. The highest BCUT2D eigenvalue weighted by Crippen LogP contribution is 2.40. The van der Waals surface area contributed by atoms with E-state index in [-0.39, 0.29) is 11.8 Å². The Labute approximate surface area is 270 Å². The van der Waals surface area contributed by atoms with Gasteiger partial charge in [0.15, 0.2) is 11.5 Å². The van der Waals surface area contributed by atoms with Gasteiger partial charge < -0.3 is 19.7 Å². The van der Waals surface area contributed by atoms with Crippen molar-refractivity contribution in [1.82, 2.24) is 19.8 Å². The van der Waals surface area contributed by atoms with Gasteiger partial charge in [-0.3, -0.25) is 19.4 Å². The van der Waals surface area contributed by atoms with Gasteiger partial charge in [0.25, 0.3) is 11.8 Å². The monoisotopic (exact) mass is 620 g/mol. The van der Waals surface area contributed by atoms with Gasteiger partial charge in [0.2, 0.25) is 5.95 Å². The highest BCUT2D eigenvalue weighted by atomic mass is 16.5. The third kappa shape index (κ3) is 6.25. The van der Waals surface area contributed by atoms with Crippen LogP contribution >= 0.6 is 0 Å². The van der Waals surface area contributed by atoms with E-state index in [1.807, 2.05) is 36.4 Å². The fourth-order valence-electron chi connectivity index (χ4n) is 6.52. The predicted molar refractivity (Wildman–Crippen MR) is 178 cm³/mol. The van der Waals surface area contributed by atoms with Crippen LogP contribution in [0.1, 0.15) is 63.7 Å². The highest BCUT2D eigenvalue weighted by molar-refractivity contribution is 6.24. The van der Waals surface area contributed by atoms with Crippen molar-refractivity contribution >= 4 is 23.5 Å². The zero-order valence-electron chi connectivity index (χ0n) is 26.6. The predicted octanol–water partition coefficient (Wildman–Crippen LogP) is 5.61. The van der Waals surface area contributed by atoms with Crippen LogP contribution in [0.4, 0.5) is 11.6 Å². The molecule has 2 atom stereocenters. The number of aromatic nitrogens is 2. The molecule has 10 heteroatoms. The number of fused-ring (bicyclic) bond motifs is 1. The molecule has 1 N–H and O–H groups in total. The number of piperazine rings is 1. The fraction of sp³-hybridized carbons (Fsp3) is 0.333. The number of amides is 2. The summed E-state index contributed by atoms with van der Waals surface area (Å²) in [5.74, 6) is 1.11. The Morgan fingerprint density at radius 1 is 0.804 bits per heavy atom. The standard InChI is InChI=1S/C36H40N6O4/c1-25(26-10-5-4-6-11-26)40-20-22-41(23-21-40)30-13-7-12-28-33(30)35(44)42(34(28)43)29(14-8-17-37-36-38-18-9-19-39-36)27-15-16-31(45-2)32(24-27)46-3/h4-7,9-13,15-16,18-19,24-25,29H,8,14,17,20-23H2,1-3H3,(H,37,38,39)/t25-,29-/m1/s1. The minimum atomic E-state index is -0.512. The van der Waals surface area contributed by atoms with Crippen molar-refractivity contribution in [2.24, 2.45) is 0 Å². The maximum Gasteiger partial charge on any atom is 0.264 e. The number of nitrogens with one attached hydrogen (secondary N) is 1. The largest absolute Gasteiger partial charge is 0.493 e. The fourth-order valence-corrected chi connectivity index (χ4v) is 6.52. The lowest BCUT2D eigenvalue weighted by Gasteiger charge is -2.39. The maximum absolute atomic E-state index is 14.4. The summed E-state index contributed by atoms with van der Waals surface area (Å²) in [5.41, 5.74) is 3.84. The first-order valence-corrected chi connectivity index (χ1v) is 15.8. The van der Waals surface area contributed by atoms with Crippen LogP contribution in [0.3, 0.4) is 0 Å². The zero-order chi connectivity index (χ0) is 32.0. The minimum absolute atomic E-state index is 0.269. The van der Waals surface area contributed by atoms with Crippen LogP contribution in [0.5, 0.6) is 11.5 Å². The van der Waals surface area contributed by atoms with Crippen LogP contribution < -0.4 is 19.7 Å². The second kappa shape index (κ2) is 14.0. The van der Waals surface area contributed by atoms with E-state index < -0.39 is 6.04 Å². The number of hydrogen-bond donors (Lipinski definition) is 1. The van der Waals surface area contributed by atoms with Crippen LogP contribution in [-0.2, 0) is 0 Å². The van der Waals surface area contributed by atoms with Gasteiger partial charge in [-0.1, -0.05) is 42.5 Å². The number of imide groups is 1. The summed E-state index contributed by atoms with van der Waals surface area (Å²) >= 11 is 0. The molecule has 238 valence electrons. The van der Waals surface area contributed by atoms with Crippen molar-refractivity contribution in [3.05, 3.63) is 107 Å². The summed E-state index contributed by atoms with van der Waals surface area (Å²) in [7, 11) is 3.16. The average Bonchev–Trinajstić information content (AvgIpc) is 3.37. The van der Waals surface area contributed by atoms with Crippen LogP contribution in [0.2, 0.25) is 0 Å². The Hall–Kier alpha value is -4.96. The second-order valence-corrected chi connectivity index (χ2v) is 11.6. The third-order valence-electron chi connectivity index (χ3n) is 9.02. The number of rotatable bonds is 12. The van der Waals surface area contributed by atoms with E-state index in [1.54, 1.807) is 38.7 Å². The summed E-state index contributed by atoms with van der Waals surface area (Å²) in [5, 5.41) is 3.23. The van der Waals surface area contributed by atoms with Crippen LogP contribution in [0.25, 0.3) is 0 Å². The summed E-state index contributed by atoms with van der Waals surface area (Å²) < 4.78 is 11.0.